The Morgan fingerprint density at radius 3 is 2.52 bits per heavy atom. The first-order valence-electron chi connectivity index (χ1n) is 8.76. The average Bonchev–Trinajstić information content (AvgIpc) is 2.50. The van der Waals surface area contributed by atoms with Crippen LogP contribution in [0.4, 0.5) is 8.78 Å². The molecule has 1 amide bonds. The van der Waals surface area contributed by atoms with E-state index >= 15 is 0 Å². The third-order valence-electron chi connectivity index (χ3n) is 5.68. The molecule has 1 aliphatic heterocycles. The first-order chi connectivity index (χ1) is 10.6. The zero-order chi connectivity index (χ0) is 17.3. The van der Waals surface area contributed by atoms with Gasteiger partial charge in [0.1, 0.15) is 5.60 Å². The maximum atomic E-state index is 14.1. The van der Waals surface area contributed by atoms with Crippen molar-refractivity contribution in [3.05, 3.63) is 0 Å². The van der Waals surface area contributed by atoms with Gasteiger partial charge in [0.05, 0.1) is 0 Å². The molecule has 1 atom stereocenters. The van der Waals surface area contributed by atoms with Crippen molar-refractivity contribution in [2.45, 2.75) is 76.4 Å². The van der Waals surface area contributed by atoms with Crippen molar-refractivity contribution in [1.29, 1.82) is 0 Å². The minimum absolute atomic E-state index is 0.0128. The third-order valence-corrected chi connectivity index (χ3v) is 5.68. The van der Waals surface area contributed by atoms with Crippen LogP contribution >= 0.6 is 0 Å². The number of hydrogen-bond donors (Lipinski definition) is 2. The average molecular weight is 332 g/mol. The van der Waals surface area contributed by atoms with E-state index in [1.165, 1.54) is 6.42 Å². The van der Waals surface area contributed by atoms with Gasteiger partial charge in [-0.15, -0.1) is 0 Å². The van der Waals surface area contributed by atoms with Gasteiger partial charge in [-0.1, -0.05) is 13.3 Å². The summed E-state index contributed by atoms with van der Waals surface area (Å²) in [7, 11) is 0. The molecule has 6 heteroatoms. The molecule has 0 radical (unpaired) electrons. The zero-order valence-corrected chi connectivity index (χ0v) is 14.5. The molecule has 1 saturated heterocycles. The molecule has 0 aromatic heterocycles. The van der Waals surface area contributed by atoms with Gasteiger partial charge in [0.2, 0.25) is 0 Å². The summed E-state index contributed by atoms with van der Waals surface area (Å²) in [6.07, 6.45) is 3.94. The summed E-state index contributed by atoms with van der Waals surface area (Å²) in [6, 6.07) is 0. The number of carbonyl (C=O) groups excluding carboxylic acids is 1. The Hall–Kier alpha value is -0.750. The van der Waals surface area contributed by atoms with E-state index in [0.717, 1.165) is 25.9 Å². The van der Waals surface area contributed by atoms with Crippen molar-refractivity contribution in [2.24, 2.45) is 5.92 Å². The Bertz CT molecular complexity index is 436. The fourth-order valence-corrected chi connectivity index (χ4v) is 3.50. The highest BCUT2D eigenvalue weighted by Crippen LogP contribution is 2.44. The predicted molar refractivity (Wildman–Crippen MR) is 85.4 cm³/mol. The van der Waals surface area contributed by atoms with Crippen molar-refractivity contribution in [1.82, 2.24) is 10.2 Å². The third kappa shape index (κ3) is 3.68. The predicted octanol–water partition coefficient (Wildman–Crippen LogP) is 2.55. The first kappa shape index (κ1) is 18.6. The number of hydrogen-bond acceptors (Lipinski definition) is 3. The molecule has 2 rings (SSSR count). The molecule has 1 aliphatic carbocycles. The molecule has 134 valence electrons. The standard InChI is InChI=1S/C17H30F2N2O2/c1-4-13-7-5-10-21(11-13)15(2,3)12-20-14(22)17(18,19)16(23)8-6-9-16/h13,23H,4-12H2,1-3H3,(H,20,22)/t13-/m1/s1. The Morgan fingerprint density at radius 1 is 1.35 bits per heavy atom. The number of halogens is 2. The van der Waals surface area contributed by atoms with Crippen molar-refractivity contribution in [3.63, 3.8) is 0 Å². The fourth-order valence-electron chi connectivity index (χ4n) is 3.50. The van der Waals surface area contributed by atoms with Crippen LogP contribution in [-0.2, 0) is 4.79 Å². The van der Waals surface area contributed by atoms with Crippen molar-refractivity contribution in [2.75, 3.05) is 19.6 Å². The molecular formula is C17H30F2N2O2. The van der Waals surface area contributed by atoms with E-state index in [1.54, 1.807) is 0 Å². The van der Waals surface area contributed by atoms with Gasteiger partial charge in [0.15, 0.2) is 0 Å². The lowest BCUT2D eigenvalue weighted by Crippen LogP contribution is -2.63. The van der Waals surface area contributed by atoms with Crippen molar-refractivity contribution < 1.29 is 18.7 Å². The summed E-state index contributed by atoms with van der Waals surface area (Å²) >= 11 is 0. The Kier molecular flexibility index (Phi) is 5.36. The van der Waals surface area contributed by atoms with E-state index in [1.807, 2.05) is 13.8 Å². The molecule has 2 aliphatic rings. The molecule has 0 bridgehead atoms. The number of nitrogens with one attached hydrogen (secondary N) is 1. The minimum atomic E-state index is -3.71. The summed E-state index contributed by atoms with van der Waals surface area (Å²) in [4.78, 5) is 14.2. The van der Waals surface area contributed by atoms with Gasteiger partial charge in [-0.05, 0) is 58.4 Å². The summed E-state index contributed by atoms with van der Waals surface area (Å²) in [5.41, 5.74) is -2.53. The molecule has 0 aromatic rings. The number of piperidine rings is 1. The number of rotatable bonds is 6. The number of likely N-dealkylation sites (tertiary alicyclic amines) is 1. The second kappa shape index (κ2) is 6.63. The van der Waals surface area contributed by atoms with Gasteiger partial charge in [0.25, 0.3) is 5.91 Å². The summed E-state index contributed by atoms with van der Waals surface area (Å²) in [5, 5.41) is 12.2. The van der Waals surface area contributed by atoms with E-state index in [0.29, 0.717) is 12.3 Å². The lowest BCUT2D eigenvalue weighted by molar-refractivity contribution is -0.216. The highest BCUT2D eigenvalue weighted by Gasteiger charge is 2.61. The Morgan fingerprint density at radius 2 is 2.00 bits per heavy atom. The number of carbonyl (C=O) groups is 1. The van der Waals surface area contributed by atoms with Crippen LogP contribution in [0, 0.1) is 5.92 Å². The summed E-state index contributed by atoms with van der Waals surface area (Å²) < 4.78 is 28.2. The molecule has 23 heavy (non-hydrogen) atoms. The number of amides is 1. The second-order valence-corrected chi connectivity index (χ2v) is 7.82. The molecule has 0 spiro atoms. The van der Waals surface area contributed by atoms with Crippen LogP contribution in [0.3, 0.4) is 0 Å². The highest BCUT2D eigenvalue weighted by atomic mass is 19.3. The number of aliphatic hydroxyl groups is 1. The van der Waals surface area contributed by atoms with Crippen LogP contribution in [0.15, 0.2) is 0 Å². The molecule has 2 fully saturated rings. The molecule has 1 heterocycles. The molecular weight excluding hydrogens is 302 g/mol. The Labute approximate surface area is 137 Å². The van der Waals surface area contributed by atoms with Crippen LogP contribution < -0.4 is 5.32 Å². The lowest BCUT2D eigenvalue weighted by atomic mass is 9.75. The van der Waals surface area contributed by atoms with Crippen molar-refractivity contribution in [3.8, 4) is 0 Å². The maximum absolute atomic E-state index is 14.1. The molecule has 4 nitrogen and oxygen atoms in total. The van der Waals surface area contributed by atoms with Crippen LogP contribution in [0.25, 0.3) is 0 Å². The van der Waals surface area contributed by atoms with E-state index in [9.17, 15) is 18.7 Å². The molecule has 0 aromatic carbocycles. The number of alkyl halides is 2. The second-order valence-electron chi connectivity index (χ2n) is 7.82. The van der Waals surface area contributed by atoms with E-state index in [2.05, 4.69) is 17.1 Å². The van der Waals surface area contributed by atoms with Crippen LogP contribution in [-0.4, -0.2) is 52.6 Å². The van der Waals surface area contributed by atoms with E-state index in [-0.39, 0.29) is 24.9 Å². The van der Waals surface area contributed by atoms with Crippen LogP contribution in [0.1, 0.15) is 59.3 Å². The number of nitrogens with zero attached hydrogens (tertiary/aromatic N) is 1. The minimum Gasteiger partial charge on any atom is -0.383 e. The molecule has 1 saturated carbocycles. The van der Waals surface area contributed by atoms with Gasteiger partial charge < -0.3 is 10.4 Å². The van der Waals surface area contributed by atoms with Crippen LogP contribution in [0.2, 0.25) is 0 Å². The maximum Gasteiger partial charge on any atom is 0.352 e. The quantitative estimate of drug-likeness (QED) is 0.786. The van der Waals surface area contributed by atoms with E-state index < -0.39 is 17.4 Å². The van der Waals surface area contributed by atoms with Crippen molar-refractivity contribution >= 4 is 5.91 Å². The fraction of sp³-hybridized carbons (Fsp3) is 0.941. The van der Waals surface area contributed by atoms with Gasteiger partial charge in [0, 0.05) is 18.6 Å². The van der Waals surface area contributed by atoms with Gasteiger partial charge >= 0.3 is 5.92 Å². The lowest BCUT2D eigenvalue weighted by Gasteiger charge is -2.45. The van der Waals surface area contributed by atoms with Crippen LogP contribution in [0.5, 0.6) is 0 Å². The SMILES string of the molecule is CC[C@@H]1CCCN(C(C)(C)CNC(=O)C(F)(F)C2(O)CCC2)C1. The first-order valence-corrected chi connectivity index (χ1v) is 8.76. The summed E-state index contributed by atoms with van der Waals surface area (Å²) in [5.74, 6) is -4.43. The monoisotopic (exact) mass is 332 g/mol. The molecule has 0 unspecified atom stereocenters. The normalized spacial score (nSPS) is 25.7. The largest absolute Gasteiger partial charge is 0.383 e. The summed E-state index contributed by atoms with van der Waals surface area (Å²) in [6.45, 7) is 8.15. The van der Waals surface area contributed by atoms with Gasteiger partial charge in [-0.3, -0.25) is 9.69 Å². The van der Waals surface area contributed by atoms with Gasteiger partial charge in [-0.25, -0.2) is 0 Å². The van der Waals surface area contributed by atoms with E-state index in [4.69, 9.17) is 0 Å². The highest BCUT2D eigenvalue weighted by molar-refractivity contribution is 5.85. The smallest absolute Gasteiger partial charge is 0.352 e. The topological polar surface area (TPSA) is 52.6 Å². The van der Waals surface area contributed by atoms with Gasteiger partial charge in [-0.2, -0.15) is 8.78 Å². The Balaban J connectivity index is 1.92. The molecule has 2 N–H and O–H groups in total. The zero-order valence-electron chi connectivity index (χ0n) is 14.5.